The predicted octanol–water partition coefficient (Wildman–Crippen LogP) is 1.82. The molecule has 3 heteroatoms. The summed E-state index contributed by atoms with van der Waals surface area (Å²) in [5, 5.41) is 4.05. The Balaban J connectivity index is 2.30. The molecule has 13 heavy (non-hydrogen) atoms. The summed E-state index contributed by atoms with van der Waals surface area (Å²) in [4.78, 5) is 0. The van der Waals surface area contributed by atoms with E-state index in [2.05, 4.69) is 19.0 Å². The van der Waals surface area contributed by atoms with Crippen LogP contribution in [0, 0.1) is 5.92 Å². The van der Waals surface area contributed by atoms with E-state index < -0.39 is 0 Å². The van der Waals surface area contributed by atoms with Gasteiger partial charge in [0.25, 0.3) is 0 Å². The number of hydrogen-bond acceptors (Lipinski definition) is 3. The average Bonchev–Trinajstić information content (AvgIpc) is 2.61. The third kappa shape index (κ3) is 1.37. The van der Waals surface area contributed by atoms with Crippen LogP contribution in [0.4, 0.5) is 0 Å². The summed E-state index contributed by atoms with van der Waals surface area (Å²) < 4.78 is 5.29. The Morgan fingerprint density at radius 1 is 1.38 bits per heavy atom. The summed E-state index contributed by atoms with van der Waals surface area (Å²) in [6.07, 6.45) is 3.35. The number of aryl methyl sites for hydroxylation is 1. The van der Waals surface area contributed by atoms with E-state index >= 15 is 0 Å². The highest BCUT2D eigenvalue weighted by Crippen LogP contribution is 2.30. The molecule has 0 fully saturated rings. The lowest BCUT2D eigenvalue weighted by Gasteiger charge is -2.12. The Hall–Kier alpha value is -0.830. The second-order valence-electron chi connectivity index (χ2n) is 4.10. The fraction of sp³-hybridized carbons (Fsp3) is 0.700. The Morgan fingerprint density at radius 2 is 2.15 bits per heavy atom. The SMILES string of the molecule is CC(C)C(N)c1onc2c1CCC2. The van der Waals surface area contributed by atoms with E-state index in [-0.39, 0.29) is 6.04 Å². The van der Waals surface area contributed by atoms with Gasteiger partial charge in [-0.15, -0.1) is 0 Å². The molecule has 72 valence electrons. The first-order valence-electron chi connectivity index (χ1n) is 4.93. The fourth-order valence-electron chi connectivity index (χ4n) is 1.82. The van der Waals surface area contributed by atoms with Crippen molar-refractivity contribution in [2.24, 2.45) is 11.7 Å². The van der Waals surface area contributed by atoms with Crippen LogP contribution in [0.2, 0.25) is 0 Å². The molecule has 1 unspecified atom stereocenters. The number of aromatic nitrogens is 1. The first-order chi connectivity index (χ1) is 6.20. The van der Waals surface area contributed by atoms with Crippen LogP contribution < -0.4 is 5.73 Å². The van der Waals surface area contributed by atoms with Gasteiger partial charge >= 0.3 is 0 Å². The van der Waals surface area contributed by atoms with Crippen molar-refractivity contribution in [3.63, 3.8) is 0 Å². The van der Waals surface area contributed by atoms with Crippen LogP contribution in [-0.4, -0.2) is 5.16 Å². The molecule has 3 nitrogen and oxygen atoms in total. The molecule has 0 saturated carbocycles. The van der Waals surface area contributed by atoms with Gasteiger partial charge in [-0.3, -0.25) is 0 Å². The Labute approximate surface area is 78.3 Å². The van der Waals surface area contributed by atoms with Crippen LogP contribution in [0.1, 0.15) is 43.3 Å². The standard InChI is InChI=1S/C10H16N2O/c1-6(2)9(11)10-7-4-3-5-8(7)12-13-10/h6,9H,3-5,11H2,1-2H3. The molecule has 0 radical (unpaired) electrons. The zero-order chi connectivity index (χ0) is 9.42. The molecular formula is C10H16N2O. The monoisotopic (exact) mass is 180 g/mol. The summed E-state index contributed by atoms with van der Waals surface area (Å²) in [6.45, 7) is 4.21. The maximum atomic E-state index is 6.02. The molecule has 1 aliphatic carbocycles. The fourth-order valence-corrected chi connectivity index (χ4v) is 1.82. The van der Waals surface area contributed by atoms with E-state index in [1.165, 1.54) is 12.0 Å². The van der Waals surface area contributed by atoms with Gasteiger partial charge < -0.3 is 10.3 Å². The third-order valence-corrected chi connectivity index (χ3v) is 2.76. The van der Waals surface area contributed by atoms with Crippen molar-refractivity contribution < 1.29 is 4.52 Å². The minimum atomic E-state index is 0.00866. The molecule has 0 aromatic carbocycles. The Morgan fingerprint density at radius 3 is 2.85 bits per heavy atom. The molecule has 2 N–H and O–H groups in total. The second kappa shape index (κ2) is 3.14. The topological polar surface area (TPSA) is 52.0 Å². The van der Waals surface area contributed by atoms with Gasteiger partial charge in [0, 0.05) is 5.56 Å². The number of rotatable bonds is 2. The highest BCUT2D eigenvalue weighted by atomic mass is 16.5. The van der Waals surface area contributed by atoms with Crippen LogP contribution in [0.25, 0.3) is 0 Å². The molecule has 0 amide bonds. The van der Waals surface area contributed by atoms with Crippen molar-refractivity contribution in [3.05, 3.63) is 17.0 Å². The quantitative estimate of drug-likeness (QED) is 0.755. The molecule has 1 aromatic heterocycles. The number of hydrogen-bond donors (Lipinski definition) is 1. The first-order valence-corrected chi connectivity index (χ1v) is 4.93. The van der Waals surface area contributed by atoms with Gasteiger partial charge in [0.1, 0.15) is 0 Å². The normalized spacial score (nSPS) is 17.8. The zero-order valence-electron chi connectivity index (χ0n) is 8.21. The van der Waals surface area contributed by atoms with E-state index in [0.717, 1.165) is 24.3 Å². The van der Waals surface area contributed by atoms with E-state index in [9.17, 15) is 0 Å². The molecule has 0 saturated heterocycles. The molecule has 0 aliphatic heterocycles. The Kier molecular flexibility index (Phi) is 2.12. The minimum Gasteiger partial charge on any atom is -0.359 e. The lowest BCUT2D eigenvalue weighted by Crippen LogP contribution is -2.17. The molecule has 1 aromatic rings. The average molecular weight is 180 g/mol. The van der Waals surface area contributed by atoms with E-state index in [0.29, 0.717) is 5.92 Å². The summed E-state index contributed by atoms with van der Waals surface area (Å²) in [6, 6.07) is 0.00866. The summed E-state index contributed by atoms with van der Waals surface area (Å²) in [5.74, 6) is 1.33. The number of nitrogens with two attached hydrogens (primary N) is 1. The van der Waals surface area contributed by atoms with Gasteiger partial charge in [0.2, 0.25) is 0 Å². The third-order valence-electron chi connectivity index (χ3n) is 2.76. The van der Waals surface area contributed by atoms with Crippen LogP contribution in [0.3, 0.4) is 0 Å². The van der Waals surface area contributed by atoms with Crippen LogP contribution in [0.5, 0.6) is 0 Å². The van der Waals surface area contributed by atoms with Gasteiger partial charge in [-0.2, -0.15) is 0 Å². The lowest BCUT2D eigenvalue weighted by atomic mass is 9.99. The molecule has 1 heterocycles. The molecule has 1 aliphatic rings. The van der Waals surface area contributed by atoms with Crippen molar-refractivity contribution in [2.45, 2.75) is 39.2 Å². The smallest absolute Gasteiger partial charge is 0.157 e. The number of fused-ring (bicyclic) bond motifs is 1. The zero-order valence-corrected chi connectivity index (χ0v) is 8.21. The maximum Gasteiger partial charge on any atom is 0.157 e. The van der Waals surface area contributed by atoms with Gasteiger partial charge in [-0.1, -0.05) is 19.0 Å². The summed E-state index contributed by atoms with van der Waals surface area (Å²) in [7, 11) is 0. The first kappa shape index (κ1) is 8.75. The molecular weight excluding hydrogens is 164 g/mol. The van der Waals surface area contributed by atoms with Gasteiger partial charge in [-0.25, -0.2) is 0 Å². The highest BCUT2D eigenvalue weighted by molar-refractivity contribution is 5.29. The van der Waals surface area contributed by atoms with Gasteiger partial charge in [0.05, 0.1) is 11.7 Å². The predicted molar refractivity (Wildman–Crippen MR) is 50.3 cm³/mol. The molecule has 0 bridgehead atoms. The van der Waals surface area contributed by atoms with E-state index in [4.69, 9.17) is 10.3 Å². The Bertz CT molecular complexity index is 304. The number of nitrogens with zero attached hydrogens (tertiary/aromatic N) is 1. The van der Waals surface area contributed by atoms with Gasteiger partial charge in [0.15, 0.2) is 5.76 Å². The van der Waals surface area contributed by atoms with Crippen LogP contribution in [-0.2, 0) is 12.8 Å². The second-order valence-corrected chi connectivity index (χ2v) is 4.10. The lowest BCUT2D eigenvalue weighted by molar-refractivity contribution is 0.325. The van der Waals surface area contributed by atoms with Gasteiger partial charge in [-0.05, 0) is 25.2 Å². The summed E-state index contributed by atoms with van der Waals surface area (Å²) >= 11 is 0. The van der Waals surface area contributed by atoms with Crippen molar-refractivity contribution in [1.82, 2.24) is 5.16 Å². The highest BCUT2D eigenvalue weighted by Gasteiger charge is 2.25. The van der Waals surface area contributed by atoms with E-state index in [1.54, 1.807) is 0 Å². The van der Waals surface area contributed by atoms with Crippen LogP contribution >= 0.6 is 0 Å². The van der Waals surface area contributed by atoms with Crippen molar-refractivity contribution in [2.75, 3.05) is 0 Å². The van der Waals surface area contributed by atoms with Crippen molar-refractivity contribution >= 4 is 0 Å². The summed E-state index contributed by atoms with van der Waals surface area (Å²) in [5.41, 5.74) is 8.43. The minimum absolute atomic E-state index is 0.00866. The van der Waals surface area contributed by atoms with Crippen molar-refractivity contribution in [3.8, 4) is 0 Å². The largest absolute Gasteiger partial charge is 0.359 e. The molecule has 1 atom stereocenters. The van der Waals surface area contributed by atoms with E-state index in [1.807, 2.05) is 0 Å². The van der Waals surface area contributed by atoms with Crippen LogP contribution in [0.15, 0.2) is 4.52 Å². The maximum absolute atomic E-state index is 6.02. The molecule has 0 spiro atoms. The van der Waals surface area contributed by atoms with Crippen molar-refractivity contribution in [1.29, 1.82) is 0 Å². The molecule has 2 rings (SSSR count).